The molecule has 14 heavy (non-hydrogen) atoms. The Morgan fingerprint density at radius 2 is 1.93 bits per heavy atom. The van der Waals surface area contributed by atoms with Crippen LogP contribution < -0.4 is 0 Å². The van der Waals surface area contributed by atoms with Crippen LogP contribution in [0.5, 0.6) is 0 Å². The number of aliphatic carboxylic acids is 1. The summed E-state index contributed by atoms with van der Waals surface area (Å²) in [4.78, 5) is 23.7. The zero-order valence-corrected chi connectivity index (χ0v) is 8.66. The van der Waals surface area contributed by atoms with Crippen molar-refractivity contribution in [2.75, 3.05) is 19.0 Å². The lowest BCUT2D eigenvalue weighted by atomic mass is 9.97. The van der Waals surface area contributed by atoms with Gasteiger partial charge >= 0.3 is 5.97 Å². The van der Waals surface area contributed by atoms with E-state index < -0.39 is 5.97 Å². The van der Waals surface area contributed by atoms with Gasteiger partial charge in [-0.2, -0.15) is 0 Å². The number of nitrogens with zero attached hydrogens (tertiary/aromatic N) is 1. The molecule has 1 saturated heterocycles. The van der Waals surface area contributed by atoms with Crippen molar-refractivity contribution in [2.45, 2.75) is 19.3 Å². The van der Waals surface area contributed by atoms with Gasteiger partial charge in [0.05, 0.1) is 5.92 Å². The maximum atomic E-state index is 11.4. The second-order valence-corrected chi connectivity index (χ2v) is 3.81. The van der Waals surface area contributed by atoms with Crippen molar-refractivity contribution in [2.24, 2.45) is 5.92 Å². The van der Waals surface area contributed by atoms with Crippen LogP contribution >= 0.6 is 11.6 Å². The third-order valence-corrected chi connectivity index (χ3v) is 2.69. The molecule has 1 rings (SSSR count). The van der Waals surface area contributed by atoms with E-state index in [1.54, 1.807) is 4.90 Å². The van der Waals surface area contributed by atoms with Crippen LogP contribution in [-0.4, -0.2) is 40.9 Å². The van der Waals surface area contributed by atoms with Gasteiger partial charge in [-0.3, -0.25) is 9.59 Å². The fraction of sp³-hybridized carbons (Fsp3) is 0.778. The van der Waals surface area contributed by atoms with E-state index in [-0.39, 0.29) is 11.8 Å². The summed E-state index contributed by atoms with van der Waals surface area (Å²) in [5.41, 5.74) is 0. The topological polar surface area (TPSA) is 57.6 Å². The summed E-state index contributed by atoms with van der Waals surface area (Å²) >= 11 is 5.45. The number of carbonyl (C=O) groups is 2. The average Bonchev–Trinajstić information content (AvgIpc) is 2.18. The summed E-state index contributed by atoms with van der Waals surface area (Å²) < 4.78 is 0. The molecule has 1 aliphatic heterocycles. The summed E-state index contributed by atoms with van der Waals surface area (Å²) in [5.74, 6) is -0.675. The van der Waals surface area contributed by atoms with Gasteiger partial charge in [0.15, 0.2) is 0 Å². The molecule has 0 atom stereocenters. The molecule has 0 aliphatic carbocycles. The first-order valence-corrected chi connectivity index (χ1v) is 5.25. The molecule has 0 bridgehead atoms. The lowest BCUT2D eigenvalue weighted by Gasteiger charge is -2.29. The van der Waals surface area contributed by atoms with E-state index in [0.29, 0.717) is 38.2 Å². The van der Waals surface area contributed by atoms with Crippen LogP contribution in [0.25, 0.3) is 0 Å². The number of alkyl halides is 1. The van der Waals surface area contributed by atoms with E-state index in [9.17, 15) is 9.59 Å². The predicted octanol–water partition coefficient (Wildman–Crippen LogP) is 0.938. The third-order valence-electron chi connectivity index (χ3n) is 2.51. The van der Waals surface area contributed by atoms with E-state index in [1.165, 1.54) is 0 Å². The Kier molecular flexibility index (Phi) is 4.20. The maximum Gasteiger partial charge on any atom is 0.306 e. The van der Waals surface area contributed by atoms with Crippen LogP contribution in [0.3, 0.4) is 0 Å². The molecule has 1 fully saturated rings. The summed E-state index contributed by atoms with van der Waals surface area (Å²) in [6.07, 6.45) is 1.46. The Balaban J connectivity index is 2.35. The molecule has 0 unspecified atom stereocenters. The summed E-state index contributed by atoms with van der Waals surface area (Å²) in [6, 6.07) is 0. The number of carbonyl (C=O) groups excluding carboxylic acids is 1. The normalized spacial score (nSPS) is 18.2. The van der Waals surface area contributed by atoms with Gasteiger partial charge in [-0.1, -0.05) is 0 Å². The van der Waals surface area contributed by atoms with Crippen molar-refractivity contribution < 1.29 is 14.7 Å². The number of rotatable bonds is 3. The van der Waals surface area contributed by atoms with Gasteiger partial charge in [0, 0.05) is 25.4 Å². The molecule has 0 aromatic rings. The van der Waals surface area contributed by atoms with Crippen molar-refractivity contribution >= 4 is 23.5 Å². The first-order chi connectivity index (χ1) is 6.65. The van der Waals surface area contributed by atoms with Crippen LogP contribution in [0.2, 0.25) is 0 Å². The fourth-order valence-corrected chi connectivity index (χ4v) is 1.78. The van der Waals surface area contributed by atoms with Gasteiger partial charge in [-0.05, 0) is 12.8 Å². The number of hydrogen-bond acceptors (Lipinski definition) is 2. The zero-order chi connectivity index (χ0) is 10.6. The number of carboxylic acids is 1. The summed E-state index contributed by atoms with van der Waals surface area (Å²) in [5, 5.41) is 8.74. The van der Waals surface area contributed by atoms with Gasteiger partial charge in [-0.15, -0.1) is 11.6 Å². The van der Waals surface area contributed by atoms with Gasteiger partial charge in [0.25, 0.3) is 0 Å². The molecule has 1 amide bonds. The highest BCUT2D eigenvalue weighted by Crippen LogP contribution is 2.17. The van der Waals surface area contributed by atoms with Crippen LogP contribution in [0.15, 0.2) is 0 Å². The SMILES string of the molecule is O=C(O)C1CCN(C(=O)CCCl)CC1. The molecular formula is C9H14ClNO3. The predicted molar refractivity (Wildman–Crippen MR) is 52.3 cm³/mol. The number of halogens is 1. The maximum absolute atomic E-state index is 11.4. The molecule has 1 heterocycles. The minimum absolute atomic E-state index is 0.0313. The Hall–Kier alpha value is -0.770. The Morgan fingerprint density at radius 1 is 1.36 bits per heavy atom. The minimum Gasteiger partial charge on any atom is -0.481 e. The van der Waals surface area contributed by atoms with Crippen molar-refractivity contribution in [3.63, 3.8) is 0 Å². The van der Waals surface area contributed by atoms with Gasteiger partial charge < -0.3 is 10.0 Å². The lowest BCUT2D eigenvalue weighted by molar-refractivity contribution is -0.145. The molecule has 80 valence electrons. The third kappa shape index (κ3) is 2.87. The average molecular weight is 220 g/mol. The Bertz CT molecular complexity index is 224. The molecule has 5 heteroatoms. The van der Waals surface area contributed by atoms with Crippen molar-refractivity contribution in [1.29, 1.82) is 0 Å². The second kappa shape index (κ2) is 5.20. The minimum atomic E-state index is -0.755. The molecule has 0 aromatic heterocycles. The molecule has 1 N–H and O–H groups in total. The molecule has 0 spiro atoms. The Morgan fingerprint density at radius 3 is 2.36 bits per heavy atom. The molecule has 0 radical (unpaired) electrons. The second-order valence-electron chi connectivity index (χ2n) is 3.43. The zero-order valence-electron chi connectivity index (χ0n) is 7.91. The monoisotopic (exact) mass is 219 g/mol. The molecule has 1 aliphatic rings. The summed E-state index contributed by atoms with van der Waals surface area (Å²) in [7, 11) is 0. The number of carboxylic acid groups (broad SMARTS) is 1. The number of piperidine rings is 1. The van der Waals surface area contributed by atoms with Crippen LogP contribution in [0.1, 0.15) is 19.3 Å². The van der Waals surface area contributed by atoms with Crippen molar-refractivity contribution in [1.82, 2.24) is 4.90 Å². The number of likely N-dealkylation sites (tertiary alicyclic amines) is 1. The molecule has 4 nitrogen and oxygen atoms in total. The van der Waals surface area contributed by atoms with Gasteiger partial charge in [0.1, 0.15) is 0 Å². The molecular weight excluding hydrogens is 206 g/mol. The van der Waals surface area contributed by atoms with Crippen molar-refractivity contribution in [3.05, 3.63) is 0 Å². The largest absolute Gasteiger partial charge is 0.481 e. The highest BCUT2D eigenvalue weighted by molar-refractivity contribution is 6.18. The van der Waals surface area contributed by atoms with E-state index >= 15 is 0 Å². The van der Waals surface area contributed by atoms with Crippen LogP contribution in [0, 0.1) is 5.92 Å². The van der Waals surface area contributed by atoms with E-state index in [4.69, 9.17) is 16.7 Å². The summed E-state index contributed by atoms with van der Waals surface area (Å²) in [6.45, 7) is 1.10. The number of hydrogen-bond donors (Lipinski definition) is 1. The highest BCUT2D eigenvalue weighted by atomic mass is 35.5. The highest BCUT2D eigenvalue weighted by Gasteiger charge is 2.26. The van der Waals surface area contributed by atoms with Gasteiger partial charge in [-0.25, -0.2) is 0 Å². The molecule has 0 aromatic carbocycles. The van der Waals surface area contributed by atoms with Crippen LogP contribution in [-0.2, 0) is 9.59 Å². The van der Waals surface area contributed by atoms with E-state index in [2.05, 4.69) is 0 Å². The standard InChI is InChI=1S/C9H14ClNO3/c10-4-1-8(12)11-5-2-7(3-6-11)9(13)14/h7H,1-6H2,(H,13,14). The van der Waals surface area contributed by atoms with Crippen molar-refractivity contribution in [3.8, 4) is 0 Å². The molecule has 0 saturated carbocycles. The lowest BCUT2D eigenvalue weighted by Crippen LogP contribution is -2.40. The van der Waals surface area contributed by atoms with Crippen LogP contribution in [0.4, 0.5) is 0 Å². The first-order valence-electron chi connectivity index (χ1n) is 4.71. The number of amides is 1. The first kappa shape index (κ1) is 11.3. The van der Waals surface area contributed by atoms with Gasteiger partial charge in [0.2, 0.25) is 5.91 Å². The fourth-order valence-electron chi connectivity index (χ4n) is 1.61. The Labute approximate surface area is 87.8 Å². The smallest absolute Gasteiger partial charge is 0.306 e. The quantitative estimate of drug-likeness (QED) is 0.719. The van der Waals surface area contributed by atoms with E-state index in [1.807, 2.05) is 0 Å². The van der Waals surface area contributed by atoms with E-state index in [0.717, 1.165) is 0 Å².